The van der Waals surface area contributed by atoms with E-state index in [1.807, 2.05) is 20.8 Å². The molecule has 3 rings (SSSR count). The van der Waals surface area contributed by atoms with Crippen molar-refractivity contribution in [1.82, 2.24) is 0 Å². The molecule has 1 aliphatic rings. The molecule has 0 saturated heterocycles. The van der Waals surface area contributed by atoms with Crippen molar-refractivity contribution in [3.63, 3.8) is 0 Å². The van der Waals surface area contributed by atoms with Crippen LogP contribution >= 0.6 is 11.6 Å². The van der Waals surface area contributed by atoms with Crippen LogP contribution in [0, 0.1) is 0 Å². The smallest absolute Gasteiger partial charge is 0.416 e. The van der Waals surface area contributed by atoms with Crippen LogP contribution in [0.15, 0.2) is 47.7 Å². The Balaban J connectivity index is 2.18. The van der Waals surface area contributed by atoms with Crippen molar-refractivity contribution in [2.45, 2.75) is 39.5 Å². The van der Waals surface area contributed by atoms with E-state index >= 15 is 0 Å². The molecule has 1 atom stereocenters. The number of hydrogen-bond acceptors (Lipinski definition) is 3. The summed E-state index contributed by atoms with van der Waals surface area (Å²) in [5.41, 5.74) is 2.70. The lowest BCUT2D eigenvalue weighted by atomic mass is 9.97. The summed E-state index contributed by atoms with van der Waals surface area (Å²) in [5.74, 6) is 0.474. The third kappa shape index (κ3) is 4.54. The monoisotopic (exact) mass is 425 g/mol. The van der Waals surface area contributed by atoms with Gasteiger partial charge in [0.15, 0.2) is 0 Å². The molecule has 1 aliphatic heterocycles. The van der Waals surface area contributed by atoms with Gasteiger partial charge in [-0.1, -0.05) is 36.2 Å². The van der Waals surface area contributed by atoms with Gasteiger partial charge in [0, 0.05) is 22.5 Å². The third-order valence-corrected chi connectivity index (χ3v) is 5.37. The first kappa shape index (κ1) is 21.5. The zero-order valence-corrected chi connectivity index (χ0v) is 17.2. The van der Waals surface area contributed by atoms with Crippen LogP contribution in [0.25, 0.3) is 0 Å². The summed E-state index contributed by atoms with van der Waals surface area (Å²) in [6.07, 6.45) is -4.43. The zero-order valence-electron chi connectivity index (χ0n) is 16.5. The van der Waals surface area contributed by atoms with E-state index in [2.05, 4.69) is 5.32 Å². The summed E-state index contributed by atoms with van der Waals surface area (Å²) < 4.78 is 51.8. The second-order valence-corrected chi connectivity index (χ2v) is 7.20. The summed E-state index contributed by atoms with van der Waals surface area (Å²) in [7, 11) is 0. The van der Waals surface area contributed by atoms with Gasteiger partial charge in [-0.15, -0.1) is 0 Å². The Morgan fingerprint density at radius 2 is 1.97 bits per heavy atom. The zero-order chi connectivity index (χ0) is 21.2. The first-order valence-electron chi connectivity index (χ1n) is 9.45. The van der Waals surface area contributed by atoms with Gasteiger partial charge in [0.1, 0.15) is 11.9 Å². The molecular weight excluding hydrogens is 403 g/mol. The van der Waals surface area contributed by atoms with E-state index in [9.17, 15) is 13.2 Å². The number of allylic oxidation sites excluding steroid dienone is 1. The van der Waals surface area contributed by atoms with Crippen LogP contribution in [0.4, 0.5) is 18.9 Å². The highest BCUT2D eigenvalue weighted by Gasteiger charge is 2.34. The molecule has 156 valence electrons. The SMILES string of the molecule is CCOc1cccc([C@H]2OC/C(=C(/C)CC)Nc3ccc(C(F)(F)F)cc32)c1Cl. The highest BCUT2D eigenvalue weighted by Crippen LogP contribution is 2.43. The van der Waals surface area contributed by atoms with Gasteiger partial charge in [-0.2, -0.15) is 13.2 Å². The van der Waals surface area contributed by atoms with Gasteiger partial charge < -0.3 is 14.8 Å². The molecule has 1 N–H and O–H groups in total. The first-order valence-corrected chi connectivity index (χ1v) is 9.83. The van der Waals surface area contributed by atoms with Crippen molar-refractivity contribution >= 4 is 17.3 Å². The Labute approximate surface area is 173 Å². The third-order valence-electron chi connectivity index (χ3n) is 4.96. The van der Waals surface area contributed by atoms with Crippen LogP contribution in [0.5, 0.6) is 5.75 Å². The van der Waals surface area contributed by atoms with Gasteiger partial charge in [-0.3, -0.25) is 0 Å². The molecule has 29 heavy (non-hydrogen) atoms. The van der Waals surface area contributed by atoms with E-state index in [1.165, 1.54) is 6.07 Å². The van der Waals surface area contributed by atoms with Crippen molar-refractivity contribution in [3.05, 3.63) is 69.4 Å². The lowest BCUT2D eigenvalue weighted by Crippen LogP contribution is -2.10. The van der Waals surface area contributed by atoms with Crippen molar-refractivity contribution in [2.75, 3.05) is 18.5 Å². The molecule has 3 nitrogen and oxygen atoms in total. The van der Waals surface area contributed by atoms with E-state index in [4.69, 9.17) is 21.1 Å². The Kier molecular flexibility index (Phi) is 6.44. The van der Waals surface area contributed by atoms with E-state index in [0.717, 1.165) is 29.8 Å². The number of nitrogens with one attached hydrogen (secondary N) is 1. The molecule has 0 spiro atoms. The van der Waals surface area contributed by atoms with Crippen LogP contribution in [0.3, 0.4) is 0 Å². The predicted molar refractivity (Wildman–Crippen MR) is 108 cm³/mol. The molecule has 1 heterocycles. The fraction of sp³-hybridized carbons (Fsp3) is 0.364. The Morgan fingerprint density at radius 3 is 2.62 bits per heavy atom. The molecule has 0 unspecified atom stereocenters. The summed E-state index contributed by atoms with van der Waals surface area (Å²) >= 11 is 6.54. The second kappa shape index (κ2) is 8.67. The molecule has 0 aliphatic carbocycles. The fourth-order valence-corrected chi connectivity index (χ4v) is 3.50. The number of rotatable bonds is 4. The van der Waals surface area contributed by atoms with E-state index in [1.54, 1.807) is 18.2 Å². The van der Waals surface area contributed by atoms with Crippen molar-refractivity contribution in [2.24, 2.45) is 0 Å². The van der Waals surface area contributed by atoms with Crippen molar-refractivity contribution in [3.8, 4) is 5.75 Å². The Bertz CT molecular complexity index is 925. The Morgan fingerprint density at radius 1 is 1.21 bits per heavy atom. The van der Waals surface area contributed by atoms with Gasteiger partial charge >= 0.3 is 6.18 Å². The number of fused-ring (bicyclic) bond motifs is 1. The normalized spacial score (nSPS) is 18.5. The second-order valence-electron chi connectivity index (χ2n) is 6.82. The molecule has 0 amide bonds. The number of hydrogen-bond donors (Lipinski definition) is 1. The van der Waals surface area contributed by atoms with Crippen LogP contribution in [-0.4, -0.2) is 13.2 Å². The molecule has 0 saturated carbocycles. The fourth-order valence-electron chi connectivity index (χ4n) is 3.22. The topological polar surface area (TPSA) is 30.5 Å². The maximum absolute atomic E-state index is 13.4. The number of benzene rings is 2. The van der Waals surface area contributed by atoms with Gasteiger partial charge in [-0.05, 0) is 44.5 Å². The molecule has 0 fully saturated rings. The minimum atomic E-state index is -4.46. The van der Waals surface area contributed by atoms with E-state index < -0.39 is 17.8 Å². The molecule has 0 radical (unpaired) electrons. The summed E-state index contributed by atoms with van der Waals surface area (Å²) in [4.78, 5) is 0. The maximum atomic E-state index is 13.4. The summed E-state index contributed by atoms with van der Waals surface area (Å²) in [6, 6.07) is 8.88. The molecule has 0 aromatic heterocycles. The van der Waals surface area contributed by atoms with Gasteiger partial charge in [0.25, 0.3) is 0 Å². The Hall–Kier alpha value is -2.18. The summed E-state index contributed by atoms with van der Waals surface area (Å²) in [5, 5.41) is 3.60. The van der Waals surface area contributed by atoms with Crippen molar-refractivity contribution in [1.29, 1.82) is 0 Å². The van der Waals surface area contributed by atoms with E-state index in [0.29, 0.717) is 34.2 Å². The van der Waals surface area contributed by atoms with Gasteiger partial charge in [-0.25, -0.2) is 0 Å². The van der Waals surface area contributed by atoms with Crippen LogP contribution < -0.4 is 10.1 Å². The summed E-state index contributed by atoms with van der Waals surface area (Å²) in [6.45, 7) is 6.48. The molecule has 2 aromatic rings. The number of halogens is 4. The molecule has 0 bridgehead atoms. The highest BCUT2D eigenvalue weighted by atomic mass is 35.5. The average Bonchev–Trinajstić information content (AvgIpc) is 2.87. The van der Waals surface area contributed by atoms with Gasteiger partial charge in [0.05, 0.1) is 23.8 Å². The average molecular weight is 426 g/mol. The van der Waals surface area contributed by atoms with Crippen LogP contribution in [-0.2, 0) is 10.9 Å². The minimum absolute atomic E-state index is 0.232. The lowest BCUT2D eigenvalue weighted by Gasteiger charge is -2.21. The number of anilines is 1. The van der Waals surface area contributed by atoms with Crippen molar-refractivity contribution < 1.29 is 22.6 Å². The van der Waals surface area contributed by atoms with E-state index in [-0.39, 0.29) is 6.61 Å². The predicted octanol–water partition coefficient (Wildman–Crippen LogP) is 6.97. The lowest BCUT2D eigenvalue weighted by molar-refractivity contribution is -0.137. The van der Waals surface area contributed by atoms with Crippen LogP contribution in [0.2, 0.25) is 5.02 Å². The maximum Gasteiger partial charge on any atom is 0.416 e. The van der Waals surface area contributed by atoms with Gasteiger partial charge in [0.2, 0.25) is 0 Å². The molecular formula is C22H23ClF3NO2. The number of alkyl halides is 3. The minimum Gasteiger partial charge on any atom is -0.492 e. The van der Waals surface area contributed by atoms with Crippen LogP contribution in [0.1, 0.15) is 50.0 Å². The highest BCUT2D eigenvalue weighted by molar-refractivity contribution is 6.32. The standard InChI is InChI=1S/C22H23ClF3NO2/c1-4-13(3)18-12-29-21(15-7-6-8-19(20(15)23)28-5-2)16-11-14(22(24,25)26)9-10-17(16)27-18/h6-11,21,27H,4-5,12H2,1-3H3/b18-13+/t21-/m1/s1. The number of ether oxygens (including phenoxy) is 2. The first-order chi connectivity index (χ1) is 13.8. The quantitative estimate of drug-likeness (QED) is 0.573. The molecule has 7 heteroatoms. The molecule has 2 aromatic carbocycles. The largest absolute Gasteiger partial charge is 0.492 e.